The predicted molar refractivity (Wildman–Crippen MR) is 73.2 cm³/mol. The van der Waals surface area contributed by atoms with Crippen molar-refractivity contribution >= 4 is 15.9 Å². The van der Waals surface area contributed by atoms with Crippen LogP contribution in [0.25, 0.3) is 0 Å². The highest BCUT2D eigenvalue weighted by molar-refractivity contribution is 9.10. The molecule has 0 bridgehead atoms. The molecule has 0 saturated carbocycles. The lowest BCUT2D eigenvalue weighted by Gasteiger charge is -2.18. The maximum Gasteiger partial charge on any atom is 0.137 e. The van der Waals surface area contributed by atoms with Crippen LogP contribution in [0.3, 0.4) is 0 Å². The van der Waals surface area contributed by atoms with Gasteiger partial charge in [-0.25, -0.2) is 4.39 Å². The highest BCUT2D eigenvalue weighted by atomic mass is 79.9. The summed E-state index contributed by atoms with van der Waals surface area (Å²) in [6, 6.07) is 5.36. The molecule has 0 saturated heterocycles. The summed E-state index contributed by atoms with van der Waals surface area (Å²) in [6.07, 6.45) is 7.85. The molecule has 1 rings (SSSR count). The summed E-state index contributed by atoms with van der Waals surface area (Å²) in [5.41, 5.74) is 0.953. The lowest BCUT2D eigenvalue weighted by molar-refractivity contribution is 0.501. The standard InChI is InChI=1S/C14H17BrFN/c1-3-5-6-14(17-9-4-2)11-7-8-12(15)13(16)10-11/h1,7-8,10,14,17H,4-6,9H2,2H3. The Morgan fingerprint density at radius 3 is 2.88 bits per heavy atom. The highest BCUT2D eigenvalue weighted by Gasteiger charge is 2.11. The van der Waals surface area contributed by atoms with E-state index < -0.39 is 0 Å². The number of benzene rings is 1. The average molecular weight is 298 g/mol. The van der Waals surface area contributed by atoms with E-state index in [0.29, 0.717) is 10.9 Å². The molecule has 1 nitrogen and oxygen atoms in total. The van der Waals surface area contributed by atoms with Crippen molar-refractivity contribution in [1.82, 2.24) is 5.32 Å². The van der Waals surface area contributed by atoms with Gasteiger partial charge in [0.05, 0.1) is 4.47 Å². The largest absolute Gasteiger partial charge is 0.310 e. The Morgan fingerprint density at radius 1 is 1.53 bits per heavy atom. The number of rotatable bonds is 6. The zero-order chi connectivity index (χ0) is 12.7. The van der Waals surface area contributed by atoms with Gasteiger partial charge < -0.3 is 5.32 Å². The molecule has 0 aliphatic rings. The van der Waals surface area contributed by atoms with Crippen LogP contribution < -0.4 is 5.32 Å². The van der Waals surface area contributed by atoms with E-state index in [-0.39, 0.29) is 11.9 Å². The van der Waals surface area contributed by atoms with Crippen LogP contribution >= 0.6 is 15.9 Å². The molecule has 1 atom stereocenters. The third kappa shape index (κ3) is 4.49. The SMILES string of the molecule is C#CCCC(NCCC)c1ccc(Br)c(F)c1. The summed E-state index contributed by atoms with van der Waals surface area (Å²) in [5, 5.41) is 3.39. The Labute approximate surface area is 111 Å². The fourth-order valence-electron chi connectivity index (χ4n) is 1.66. The van der Waals surface area contributed by atoms with Gasteiger partial charge in [0.2, 0.25) is 0 Å². The zero-order valence-corrected chi connectivity index (χ0v) is 11.6. The van der Waals surface area contributed by atoms with Gasteiger partial charge in [-0.2, -0.15) is 0 Å². The van der Waals surface area contributed by atoms with E-state index >= 15 is 0 Å². The summed E-state index contributed by atoms with van der Waals surface area (Å²) in [5.74, 6) is 2.40. The van der Waals surface area contributed by atoms with Crippen LogP contribution in [0.1, 0.15) is 37.8 Å². The molecule has 1 N–H and O–H groups in total. The highest BCUT2D eigenvalue weighted by Crippen LogP contribution is 2.23. The number of terminal acetylenes is 1. The third-order valence-corrected chi connectivity index (χ3v) is 3.21. The molecule has 0 aliphatic heterocycles. The third-order valence-electron chi connectivity index (χ3n) is 2.56. The molecule has 0 radical (unpaired) electrons. The molecule has 1 aromatic rings. The number of hydrogen-bond acceptors (Lipinski definition) is 1. The summed E-state index contributed by atoms with van der Waals surface area (Å²) in [7, 11) is 0. The molecule has 17 heavy (non-hydrogen) atoms. The van der Waals surface area contributed by atoms with E-state index in [1.165, 1.54) is 0 Å². The Bertz CT molecular complexity index is 398. The topological polar surface area (TPSA) is 12.0 Å². The molecular weight excluding hydrogens is 281 g/mol. The van der Waals surface area contributed by atoms with Crippen LogP contribution in [-0.4, -0.2) is 6.54 Å². The van der Waals surface area contributed by atoms with Gasteiger partial charge in [-0.05, 0) is 53.0 Å². The number of halogens is 2. The molecule has 3 heteroatoms. The number of hydrogen-bond donors (Lipinski definition) is 1. The van der Waals surface area contributed by atoms with E-state index in [2.05, 4.69) is 34.1 Å². The lowest BCUT2D eigenvalue weighted by atomic mass is 10.0. The van der Waals surface area contributed by atoms with Crippen molar-refractivity contribution in [2.24, 2.45) is 0 Å². The van der Waals surface area contributed by atoms with Gasteiger partial charge in [0, 0.05) is 12.5 Å². The van der Waals surface area contributed by atoms with Crippen LogP contribution in [0.4, 0.5) is 4.39 Å². The second-order valence-electron chi connectivity index (χ2n) is 3.92. The van der Waals surface area contributed by atoms with Crippen molar-refractivity contribution in [2.45, 2.75) is 32.2 Å². The van der Waals surface area contributed by atoms with Gasteiger partial charge in [-0.3, -0.25) is 0 Å². The molecule has 0 amide bonds. The Hall–Kier alpha value is -0.850. The van der Waals surface area contributed by atoms with Crippen LogP contribution in [0.2, 0.25) is 0 Å². The van der Waals surface area contributed by atoms with Gasteiger partial charge in [0.25, 0.3) is 0 Å². The number of nitrogens with one attached hydrogen (secondary N) is 1. The smallest absolute Gasteiger partial charge is 0.137 e. The molecule has 0 aromatic heterocycles. The van der Waals surface area contributed by atoms with Gasteiger partial charge in [0.1, 0.15) is 5.82 Å². The van der Waals surface area contributed by atoms with Crippen molar-refractivity contribution < 1.29 is 4.39 Å². The minimum absolute atomic E-state index is 0.133. The summed E-state index contributed by atoms with van der Waals surface area (Å²) < 4.78 is 14.0. The molecule has 0 fully saturated rings. The maximum atomic E-state index is 13.5. The Balaban J connectivity index is 2.80. The summed E-state index contributed by atoms with van der Waals surface area (Å²) >= 11 is 3.16. The van der Waals surface area contributed by atoms with Crippen molar-refractivity contribution in [2.75, 3.05) is 6.54 Å². The molecule has 0 heterocycles. The fraction of sp³-hybridized carbons (Fsp3) is 0.429. The average Bonchev–Trinajstić information content (AvgIpc) is 2.33. The van der Waals surface area contributed by atoms with E-state index in [4.69, 9.17) is 6.42 Å². The summed E-state index contributed by atoms with van der Waals surface area (Å²) in [4.78, 5) is 0. The van der Waals surface area contributed by atoms with E-state index in [0.717, 1.165) is 24.9 Å². The van der Waals surface area contributed by atoms with Crippen LogP contribution in [0.15, 0.2) is 22.7 Å². The fourth-order valence-corrected chi connectivity index (χ4v) is 1.91. The Morgan fingerprint density at radius 2 is 2.29 bits per heavy atom. The van der Waals surface area contributed by atoms with Gasteiger partial charge >= 0.3 is 0 Å². The second kappa shape index (κ2) is 7.47. The van der Waals surface area contributed by atoms with E-state index in [9.17, 15) is 4.39 Å². The maximum absolute atomic E-state index is 13.5. The van der Waals surface area contributed by atoms with Gasteiger partial charge in [0.15, 0.2) is 0 Å². The first-order valence-corrected chi connectivity index (χ1v) is 6.60. The minimum atomic E-state index is -0.230. The first-order chi connectivity index (χ1) is 8.19. The van der Waals surface area contributed by atoms with Crippen molar-refractivity contribution in [1.29, 1.82) is 0 Å². The quantitative estimate of drug-likeness (QED) is 0.782. The summed E-state index contributed by atoms with van der Waals surface area (Å²) in [6.45, 7) is 3.01. The zero-order valence-electron chi connectivity index (χ0n) is 9.97. The molecule has 0 aliphatic carbocycles. The van der Waals surface area contributed by atoms with Crippen LogP contribution in [0.5, 0.6) is 0 Å². The van der Waals surface area contributed by atoms with Crippen molar-refractivity contribution in [3.05, 3.63) is 34.1 Å². The van der Waals surface area contributed by atoms with Crippen LogP contribution in [-0.2, 0) is 0 Å². The van der Waals surface area contributed by atoms with Crippen molar-refractivity contribution in [3.63, 3.8) is 0 Å². The lowest BCUT2D eigenvalue weighted by Crippen LogP contribution is -2.22. The molecular formula is C14H17BrFN. The van der Waals surface area contributed by atoms with Gasteiger partial charge in [-0.1, -0.05) is 13.0 Å². The molecule has 1 unspecified atom stereocenters. The minimum Gasteiger partial charge on any atom is -0.310 e. The molecule has 92 valence electrons. The van der Waals surface area contributed by atoms with Crippen LogP contribution in [0, 0.1) is 18.2 Å². The monoisotopic (exact) mass is 297 g/mol. The Kier molecular flexibility index (Phi) is 6.25. The van der Waals surface area contributed by atoms with E-state index in [1.54, 1.807) is 12.1 Å². The molecule has 0 spiro atoms. The van der Waals surface area contributed by atoms with Gasteiger partial charge in [-0.15, -0.1) is 12.3 Å². The first kappa shape index (κ1) is 14.2. The normalized spacial score (nSPS) is 12.1. The molecule has 1 aromatic carbocycles. The van der Waals surface area contributed by atoms with E-state index in [1.807, 2.05) is 6.07 Å². The second-order valence-corrected chi connectivity index (χ2v) is 4.78. The predicted octanol–water partition coefficient (Wildman–Crippen LogP) is 4.04. The first-order valence-electron chi connectivity index (χ1n) is 5.80. The van der Waals surface area contributed by atoms with Crippen molar-refractivity contribution in [3.8, 4) is 12.3 Å².